The van der Waals surface area contributed by atoms with Gasteiger partial charge >= 0.3 is 0 Å². The average Bonchev–Trinajstić information content (AvgIpc) is 2.54. The smallest absolute Gasteiger partial charge is 0.237 e. The highest BCUT2D eigenvalue weighted by Gasteiger charge is 2.19. The molecule has 2 N–H and O–H groups in total. The number of methoxy groups -OCH3 is 1. The molecule has 1 unspecified atom stereocenters. The molecule has 1 aromatic carbocycles. The van der Waals surface area contributed by atoms with Crippen molar-refractivity contribution in [2.24, 2.45) is 0 Å². The van der Waals surface area contributed by atoms with E-state index < -0.39 is 0 Å². The van der Waals surface area contributed by atoms with Crippen molar-refractivity contribution in [3.8, 4) is 5.75 Å². The Hall–Kier alpha value is -1.55. The Morgan fingerprint density at radius 3 is 2.52 bits per heavy atom. The maximum Gasteiger partial charge on any atom is 0.237 e. The van der Waals surface area contributed by atoms with Gasteiger partial charge in [0.15, 0.2) is 0 Å². The summed E-state index contributed by atoms with van der Waals surface area (Å²) in [5.74, 6) is 0.956. The quantitative estimate of drug-likeness (QED) is 0.847. The number of nitrogens with one attached hydrogen (secondary N) is 2. The molecule has 1 amide bonds. The van der Waals surface area contributed by atoms with Gasteiger partial charge in [0, 0.05) is 12.6 Å². The van der Waals surface area contributed by atoms with Crippen LogP contribution in [0.25, 0.3) is 0 Å². The molecule has 0 heterocycles. The highest BCUT2D eigenvalue weighted by molar-refractivity contribution is 5.81. The molecule has 0 aliphatic heterocycles. The van der Waals surface area contributed by atoms with Crippen LogP contribution in [0.4, 0.5) is 0 Å². The zero-order valence-electron chi connectivity index (χ0n) is 13.0. The van der Waals surface area contributed by atoms with E-state index in [4.69, 9.17) is 4.74 Å². The van der Waals surface area contributed by atoms with Gasteiger partial charge in [-0.05, 0) is 37.5 Å². The summed E-state index contributed by atoms with van der Waals surface area (Å²) in [4.78, 5) is 12.1. The van der Waals surface area contributed by atoms with E-state index in [2.05, 4.69) is 10.6 Å². The van der Waals surface area contributed by atoms with Crippen LogP contribution in [0.1, 0.15) is 44.6 Å². The molecule has 21 heavy (non-hydrogen) atoms. The minimum absolute atomic E-state index is 0.107. The molecule has 0 bridgehead atoms. The number of ether oxygens (including phenoxy) is 1. The topological polar surface area (TPSA) is 50.4 Å². The van der Waals surface area contributed by atoms with Gasteiger partial charge < -0.3 is 15.4 Å². The molecule has 0 spiro atoms. The van der Waals surface area contributed by atoms with Crippen molar-refractivity contribution in [3.63, 3.8) is 0 Å². The predicted octanol–water partition coefficient (Wildman–Crippen LogP) is 2.62. The molecule has 1 aliphatic rings. The number of hydrogen-bond acceptors (Lipinski definition) is 3. The number of amides is 1. The van der Waals surface area contributed by atoms with E-state index in [1.807, 2.05) is 31.2 Å². The van der Waals surface area contributed by atoms with Crippen LogP contribution >= 0.6 is 0 Å². The van der Waals surface area contributed by atoms with Gasteiger partial charge in [0.25, 0.3) is 0 Å². The first-order valence-electron chi connectivity index (χ1n) is 7.85. The summed E-state index contributed by atoms with van der Waals surface area (Å²) in [6.07, 6.45) is 6.02. The zero-order chi connectivity index (χ0) is 15.1. The van der Waals surface area contributed by atoms with Crippen molar-refractivity contribution in [2.45, 2.75) is 57.7 Å². The van der Waals surface area contributed by atoms with E-state index in [-0.39, 0.29) is 11.9 Å². The van der Waals surface area contributed by atoms with Crippen molar-refractivity contribution in [3.05, 3.63) is 29.8 Å². The average molecular weight is 290 g/mol. The molecule has 1 atom stereocenters. The first-order valence-corrected chi connectivity index (χ1v) is 7.85. The van der Waals surface area contributed by atoms with Crippen LogP contribution in [-0.2, 0) is 11.3 Å². The minimum Gasteiger partial charge on any atom is -0.497 e. The van der Waals surface area contributed by atoms with Gasteiger partial charge in [-0.3, -0.25) is 4.79 Å². The third-order valence-corrected chi connectivity index (χ3v) is 4.12. The van der Waals surface area contributed by atoms with Gasteiger partial charge in [-0.25, -0.2) is 0 Å². The zero-order valence-corrected chi connectivity index (χ0v) is 13.0. The van der Waals surface area contributed by atoms with Gasteiger partial charge in [-0.15, -0.1) is 0 Å². The normalized spacial score (nSPS) is 17.2. The monoisotopic (exact) mass is 290 g/mol. The third-order valence-electron chi connectivity index (χ3n) is 4.12. The Balaban J connectivity index is 1.74. The molecule has 0 saturated heterocycles. The van der Waals surface area contributed by atoms with Gasteiger partial charge in [0.2, 0.25) is 5.91 Å². The summed E-state index contributed by atoms with van der Waals surface area (Å²) in [7, 11) is 1.66. The van der Waals surface area contributed by atoms with Gasteiger partial charge in [0.05, 0.1) is 13.2 Å². The molecule has 0 radical (unpaired) electrons. The summed E-state index contributed by atoms with van der Waals surface area (Å²) in [5.41, 5.74) is 1.15. The van der Waals surface area contributed by atoms with Gasteiger partial charge in [-0.1, -0.05) is 31.4 Å². The Bertz CT molecular complexity index is 439. The summed E-state index contributed by atoms with van der Waals surface area (Å²) in [5, 5.41) is 6.42. The maximum atomic E-state index is 12.1. The van der Waals surface area contributed by atoms with Crippen molar-refractivity contribution >= 4 is 5.91 Å². The van der Waals surface area contributed by atoms with Gasteiger partial charge in [-0.2, -0.15) is 0 Å². The van der Waals surface area contributed by atoms with E-state index in [0.717, 1.165) is 24.2 Å². The number of carbonyl (C=O) groups is 1. The number of rotatable bonds is 6. The summed E-state index contributed by atoms with van der Waals surface area (Å²) in [6, 6.07) is 8.09. The fourth-order valence-corrected chi connectivity index (χ4v) is 2.68. The second-order valence-corrected chi connectivity index (χ2v) is 5.79. The van der Waals surface area contributed by atoms with E-state index in [1.54, 1.807) is 7.11 Å². The van der Waals surface area contributed by atoms with E-state index in [9.17, 15) is 4.79 Å². The molecular formula is C17H26N2O2. The van der Waals surface area contributed by atoms with Crippen molar-refractivity contribution in [2.75, 3.05) is 7.11 Å². The lowest BCUT2D eigenvalue weighted by molar-refractivity contribution is -0.123. The van der Waals surface area contributed by atoms with Gasteiger partial charge in [0.1, 0.15) is 5.75 Å². The Morgan fingerprint density at radius 2 is 1.90 bits per heavy atom. The van der Waals surface area contributed by atoms with E-state index >= 15 is 0 Å². The lowest BCUT2D eigenvalue weighted by atomic mass is 9.95. The highest BCUT2D eigenvalue weighted by atomic mass is 16.5. The first-order chi connectivity index (χ1) is 10.2. The summed E-state index contributed by atoms with van der Waals surface area (Å²) in [6.45, 7) is 2.60. The molecule has 1 saturated carbocycles. The molecule has 4 heteroatoms. The lowest BCUT2D eigenvalue weighted by Gasteiger charge is -2.24. The van der Waals surface area contributed by atoms with Crippen LogP contribution < -0.4 is 15.4 Å². The second-order valence-electron chi connectivity index (χ2n) is 5.79. The van der Waals surface area contributed by atoms with Crippen LogP contribution in [0, 0.1) is 0 Å². The SMILES string of the molecule is COc1ccc(CNC(C)C(=O)NC2CCCCC2)cc1. The molecule has 1 aliphatic carbocycles. The van der Waals surface area contributed by atoms with Crippen molar-refractivity contribution in [1.29, 1.82) is 0 Å². The minimum atomic E-state index is -0.172. The van der Waals surface area contributed by atoms with Crippen LogP contribution in [0.5, 0.6) is 5.75 Å². The van der Waals surface area contributed by atoms with Crippen molar-refractivity contribution in [1.82, 2.24) is 10.6 Å². The van der Waals surface area contributed by atoms with E-state index in [0.29, 0.717) is 12.6 Å². The number of hydrogen-bond donors (Lipinski definition) is 2. The Kier molecular flexibility index (Phi) is 6.05. The molecule has 0 aromatic heterocycles. The van der Waals surface area contributed by atoms with E-state index in [1.165, 1.54) is 19.3 Å². The fraction of sp³-hybridized carbons (Fsp3) is 0.588. The van der Waals surface area contributed by atoms with Crippen LogP contribution in [0.2, 0.25) is 0 Å². The third kappa shape index (κ3) is 5.05. The van der Waals surface area contributed by atoms with Crippen LogP contribution in [0.3, 0.4) is 0 Å². The number of benzene rings is 1. The molecule has 1 fully saturated rings. The first kappa shape index (κ1) is 15.8. The maximum absolute atomic E-state index is 12.1. The summed E-state index contributed by atoms with van der Waals surface area (Å²) >= 11 is 0. The highest BCUT2D eigenvalue weighted by Crippen LogP contribution is 2.17. The van der Waals surface area contributed by atoms with Crippen LogP contribution in [-0.4, -0.2) is 25.1 Å². The molecule has 116 valence electrons. The predicted molar refractivity (Wildman–Crippen MR) is 84.3 cm³/mol. The molecular weight excluding hydrogens is 264 g/mol. The van der Waals surface area contributed by atoms with Crippen molar-refractivity contribution < 1.29 is 9.53 Å². The Morgan fingerprint density at radius 1 is 1.24 bits per heavy atom. The molecule has 4 nitrogen and oxygen atoms in total. The second kappa shape index (κ2) is 8.03. The fourth-order valence-electron chi connectivity index (χ4n) is 2.68. The van der Waals surface area contributed by atoms with Crippen LogP contribution in [0.15, 0.2) is 24.3 Å². The summed E-state index contributed by atoms with van der Waals surface area (Å²) < 4.78 is 5.13. The lowest BCUT2D eigenvalue weighted by Crippen LogP contribution is -2.46. The number of carbonyl (C=O) groups excluding carboxylic acids is 1. The largest absolute Gasteiger partial charge is 0.497 e. The Labute approximate surface area is 127 Å². The molecule has 2 rings (SSSR count). The standard InChI is InChI=1S/C17H26N2O2/c1-13(17(20)19-15-6-4-3-5-7-15)18-12-14-8-10-16(21-2)11-9-14/h8-11,13,15,18H,3-7,12H2,1-2H3,(H,19,20). The molecule has 1 aromatic rings.